The van der Waals surface area contributed by atoms with Gasteiger partial charge in [0.1, 0.15) is 0 Å². The second-order valence-electron chi connectivity index (χ2n) is 4.81. The third kappa shape index (κ3) is 4.10. The van der Waals surface area contributed by atoms with E-state index in [1.807, 2.05) is 0 Å². The Hall–Kier alpha value is -0.610. The van der Waals surface area contributed by atoms with Crippen LogP contribution in [0.25, 0.3) is 0 Å². The fraction of sp³-hybridized carbons (Fsp3) is 0.917. The van der Waals surface area contributed by atoms with Crippen molar-refractivity contribution in [1.82, 2.24) is 10.6 Å². The molecule has 16 heavy (non-hydrogen) atoms. The van der Waals surface area contributed by atoms with Crippen molar-refractivity contribution in [2.75, 3.05) is 26.3 Å². The fourth-order valence-corrected chi connectivity index (χ4v) is 1.98. The first-order chi connectivity index (χ1) is 7.86. The van der Waals surface area contributed by atoms with Gasteiger partial charge in [0.25, 0.3) is 0 Å². The van der Waals surface area contributed by atoms with E-state index in [0.29, 0.717) is 13.2 Å². The van der Waals surface area contributed by atoms with Gasteiger partial charge in [-0.3, -0.25) is 4.79 Å². The Morgan fingerprint density at radius 1 is 1.31 bits per heavy atom. The van der Waals surface area contributed by atoms with Gasteiger partial charge in [-0.1, -0.05) is 6.42 Å². The summed E-state index contributed by atoms with van der Waals surface area (Å²) in [6, 6.07) is 0.0252. The van der Waals surface area contributed by atoms with Crippen LogP contribution in [0.15, 0.2) is 0 Å². The summed E-state index contributed by atoms with van der Waals surface area (Å²) in [5.41, 5.74) is 0. The maximum Gasteiger partial charge on any atom is 0.237 e. The summed E-state index contributed by atoms with van der Waals surface area (Å²) >= 11 is 0. The number of ether oxygens (including phenoxy) is 1. The van der Waals surface area contributed by atoms with Gasteiger partial charge in [0, 0.05) is 13.2 Å². The van der Waals surface area contributed by atoms with E-state index in [1.165, 1.54) is 19.3 Å². The Morgan fingerprint density at radius 2 is 2.19 bits per heavy atom. The summed E-state index contributed by atoms with van der Waals surface area (Å²) in [7, 11) is 0. The third-order valence-corrected chi connectivity index (χ3v) is 3.22. The largest absolute Gasteiger partial charge is 0.379 e. The normalized spacial score (nSPS) is 25.4. The topological polar surface area (TPSA) is 50.4 Å². The summed E-state index contributed by atoms with van der Waals surface area (Å²) in [6.45, 7) is 3.13. The average molecular weight is 226 g/mol. The van der Waals surface area contributed by atoms with Gasteiger partial charge < -0.3 is 15.4 Å². The van der Waals surface area contributed by atoms with E-state index in [2.05, 4.69) is 10.6 Å². The predicted molar refractivity (Wildman–Crippen MR) is 62.2 cm³/mol. The van der Waals surface area contributed by atoms with Gasteiger partial charge in [-0.25, -0.2) is 0 Å². The Morgan fingerprint density at radius 3 is 2.88 bits per heavy atom. The van der Waals surface area contributed by atoms with E-state index in [1.54, 1.807) is 0 Å². The number of piperidine rings is 1. The number of hydrogen-bond acceptors (Lipinski definition) is 3. The lowest BCUT2D eigenvalue weighted by molar-refractivity contribution is -0.123. The minimum Gasteiger partial charge on any atom is -0.379 e. The number of carbonyl (C=O) groups is 1. The van der Waals surface area contributed by atoms with Crippen LogP contribution in [0.1, 0.15) is 32.1 Å². The molecule has 1 aliphatic carbocycles. The van der Waals surface area contributed by atoms with Gasteiger partial charge >= 0.3 is 0 Å². The van der Waals surface area contributed by atoms with Crippen molar-refractivity contribution in [1.29, 1.82) is 0 Å². The molecule has 4 heteroatoms. The Kier molecular flexibility index (Phi) is 4.60. The summed E-state index contributed by atoms with van der Waals surface area (Å²) in [4.78, 5) is 11.7. The van der Waals surface area contributed by atoms with E-state index >= 15 is 0 Å². The van der Waals surface area contributed by atoms with Crippen molar-refractivity contribution < 1.29 is 9.53 Å². The molecule has 4 nitrogen and oxygen atoms in total. The lowest BCUT2D eigenvalue weighted by Crippen LogP contribution is -2.47. The van der Waals surface area contributed by atoms with E-state index in [4.69, 9.17) is 4.74 Å². The highest BCUT2D eigenvalue weighted by atomic mass is 16.5. The Bertz CT molecular complexity index is 223. The highest BCUT2D eigenvalue weighted by Crippen LogP contribution is 2.28. The molecule has 0 aromatic rings. The maximum atomic E-state index is 11.7. The smallest absolute Gasteiger partial charge is 0.237 e. The number of hydrogen-bond donors (Lipinski definition) is 2. The third-order valence-electron chi connectivity index (χ3n) is 3.22. The highest BCUT2D eigenvalue weighted by molar-refractivity contribution is 5.81. The first-order valence-corrected chi connectivity index (χ1v) is 6.45. The van der Waals surface area contributed by atoms with Gasteiger partial charge in [0.2, 0.25) is 5.91 Å². The van der Waals surface area contributed by atoms with E-state index in [0.717, 1.165) is 31.9 Å². The standard InChI is InChI=1S/C12H22N2O2/c15-12(11-3-1-2-6-13-11)14-7-8-16-9-10-4-5-10/h10-11,13H,1-9H2,(H,14,15)/t11-/m0/s1. The molecule has 2 N–H and O–H groups in total. The molecule has 1 heterocycles. The first kappa shape index (κ1) is 11.9. The molecule has 1 atom stereocenters. The van der Waals surface area contributed by atoms with Crippen molar-refractivity contribution in [2.24, 2.45) is 5.92 Å². The SMILES string of the molecule is O=C(NCCOCC1CC1)[C@@H]1CCCCN1. The van der Waals surface area contributed by atoms with E-state index in [9.17, 15) is 4.79 Å². The van der Waals surface area contributed by atoms with Crippen LogP contribution in [0.3, 0.4) is 0 Å². The zero-order valence-corrected chi connectivity index (χ0v) is 9.84. The fourth-order valence-electron chi connectivity index (χ4n) is 1.98. The summed E-state index contributed by atoms with van der Waals surface area (Å²) < 4.78 is 5.46. The quantitative estimate of drug-likeness (QED) is 0.655. The average Bonchev–Trinajstić information content (AvgIpc) is 3.13. The van der Waals surface area contributed by atoms with Crippen LogP contribution >= 0.6 is 0 Å². The minimum absolute atomic E-state index is 0.0252. The van der Waals surface area contributed by atoms with Crippen LogP contribution in [0.5, 0.6) is 0 Å². The molecule has 1 amide bonds. The molecule has 1 aliphatic heterocycles. The summed E-state index contributed by atoms with van der Waals surface area (Å²) in [5, 5.41) is 6.16. The number of nitrogens with one attached hydrogen (secondary N) is 2. The molecule has 0 spiro atoms. The monoisotopic (exact) mass is 226 g/mol. The predicted octanol–water partition coefficient (Wildman–Crippen LogP) is 0.671. The molecule has 0 unspecified atom stereocenters. The number of carbonyl (C=O) groups excluding carboxylic acids is 1. The molecule has 1 saturated carbocycles. The molecular formula is C12H22N2O2. The number of amides is 1. The Labute approximate surface area is 97.1 Å². The van der Waals surface area contributed by atoms with Crippen molar-refractivity contribution in [3.05, 3.63) is 0 Å². The molecular weight excluding hydrogens is 204 g/mol. The Balaban J connectivity index is 1.48. The van der Waals surface area contributed by atoms with E-state index in [-0.39, 0.29) is 11.9 Å². The first-order valence-electron chi connectivity index (χ1n) is 6.45. The van der Waals surface area contributed by atoms with Crippen molar-refractivity contribution in [3.8, 4) is 0 Å². The van der Waals surface area contributed by atoms with Crippen molar-refractivity contribution in [3.63, 3.8) is 0 Å². The van der Waals surface area contributed by atoms with Gasteiger partial charge in [0.05, 0.1) is 12.6 Å². The maximum absolute atomic E-state index is 11.7. The van der Waals surface area contributed by atoms with Gasteiger partial charge in [-0.15, -0.1) is 0 Å². The minimum atomic E-state index is 0.0252. The lowest BCUT2D eigenvalue weighted by atomic mass is 10.0. The second-order valence-corrected chi connectivity index (χ2v) is 4.81. The molecule has 92 valence electrons. The molecule has 0 aromatic carbocycles. The van der Waals surface area contributed by atoms with Crippen LogP contribution in [0.4, 0.5) is 0 Å². The van der Waals surface area contributed by atoms with Crippen LogP contribution in [0, 0.1) is 5.92 Å². The van der Waals surface area contributed by atoms with Crippen LogP contribution in [0.2, 0.25) is 0 Å². The van der Waals surface area contributed by atoms with Crippen molar-refractivity contribution in [2.45, 2.75) is 38.1 Å². The van der Waals surface area contributed by atoms with Crippen LogP contribution in [-0.2, 0) is 9.53 Å². The molecule has 2 rings (SSSR count). The molecule has 2 aliphatic rings. The molecule has 1 saturated heterocycles. The van der Waals surface area contributed by atoms with Crippen LogP contribution in [-0.4, -0.2) is 38.3 Å². The van der Waals surface area contributed by atoms with Crippen molar-refractivity contribution >= 4 is 5.91 Å². The lowest BCUT2D eigenvalue weighted by Gasteiger charge is -2.22. The van der Waals surface area contributed by atoms with Gasteiger partial charge in [0.15, 0.2) is 0 Å². The molecule has 0 radical (unpaired) electrons. The zero-order chi connectivity index (χ0) is 11.2. The van der Waals surface area contributed by atoms with Gasteiger partial charge in [-0.2, -0.15) is 0 Å². The molecule has 2 fully saturated rings. The number of rotatable bonds is 6. The molecule has 0 aromatic heterocycles. The zero-order valence-electron chi connectivity index (χ0n) is 9.84. The summed E-state index contributed by atoms with van der Waals surface area (Å²) in [6.07, 6.45) is 5.95. The summed E-state index contributed by atoms with van der Waals surface area (Å²) in [5.74, 6) is 0.936. The second kappa shape index (κ2) is 6.21. The highest BCUT2D eigenvalue weighted by Gasteiger charge is 2.21. The van der Waals surface area contributed by atoms with Crippen LogP contribution < -0.4 is 10.6 Å². The van der Waals surface area contributed by atoms with E-state index < -0.39 is 0 Å². The molecule has 0 bridgehead atoms. The van der Waals surface area contributed by atoms with Gasteiger partial charge in [-0.05, 0) is 38.1 Å².